The highest BCUT2D eigenvalue weighted by Crippen LogP contribution is 2.27. The number of halogens is 1. The zero-order chi connectivity index (χ0) is 14.5. The van der Waals surface area contributed by atoms with Crippen molar-refractivity contribution in [3.8, 4) is 0 Å². The predicted molar refractivity (Wildman–Crippen MR) is 82.9 cm³/mol. The number of benzene rings is 2. The fourth-order valence-corrected chi connectivity index (χ4v) is 2.35. The van der Waals surface area contributed by atoms with E-state index in [0.29, 0.717) is 12.2 Å². The van der Waals surface area contributed by atoms with Crippen molar-refractivity contribution in [3.05, 3.63) is 59.9 Å². The summed E-state index contributed by atoms with van der Waals surface area (Å²) >= 11 is 0. The van der Waals surface area contributed by atoms with Crippen LogP contribution in [0, 0.1) is 5.82 Å². The van der Waals surface area contributed by atoms with Crippen molar-refractivity contribution in [3.63, 3.8) is 0 Å². The summed E-state index contributed by atoms with van der Waals surface area (Å²) in [6, 6.07) is 15.2. The fraction of sp³-hybridized carbons (Fsp3) is 0.294. The van der Waals surface area contributed by atoms with E-state index in [1.54, 1.807) is 12.1 Å². The number of hydrogen-bond acceptors (Lipinski definition) is 2. The van der Waals surface area contributed by atoms with Crippen molar-refractivity contribution in [2.75, 3.05) is 11.4 Å². The Morgan fingerprint density at radius 2 is 1.75 bits per heavy atom. The molecule has 0 aliphatic heterocycles. The molecule has 0 aliphatic rings. The molecule has 0 heterocycles. The molecule has 2 N–H and O–H groups in total. The molecule has 0 fully saturated rings. The summed E-state index contributed by atoms with van der Waals surface area (Å²) in [6.07, 6.45) is 0.853. The average Bonchev–Trinajstić information content (AvgIpc) is 2.43. The number of hydrogen-bond donors (Lipinski definition) is 1. The van der Waals surface area contributed by atoms with Crippen LogP contribution in [0.4, 0.5) is 15.8 Å². The van der Waals surface area contributed by atoms with Gasteiger partial charge in [-0.25, -0.2) is 4.39 Å². The Bertz CT molecular complexity index is 549. The van der Waals surface area contributed by atoms with E-state index in [9.17, 15) is 4.39 Å². The van der Waals surface area contributed by atoms with E-state index < -0.39 is 0 Å². The van der Waals surface area contributed by atoms with Crippen LogP contribution in [0.3, 0.4) is 0 Å². The van der Waals surface area contributed by atoms with E-state index in [1.807, 2.05) is 36.9 Å². The Labute approximate surface area is 120 Å². The van der Waals surface area contributed by atoms with Crippen LogP contribution < -0.4 is 10.6 Å². The third kappa shape index (κ3) is 3.36. The third-order valence-corrected chi connectivity index (χ3v) is 3.27. The molecule has 106 valence electrons. The number of nitrogens with two attached hydrogens (primary N) is 1. The average molecular weight is 272 g/mol. The van der Waals surface area contributed by atoms with Gasteiger partial charge >= 0.3 is 0 Å². The van der Waals surface area contributed by atoms with Gasteiger partial charge in [-0.15, -0.1) is 0 Å². The maximum atomic E-state index is 13.9. The fourth-order valence-electron chi connectivity index (χ4n) is 2.35. The first kappa shape index (κ1) is 14.5. The summed E-state index contributed by atoms with van der Waals surface area (Å²) < 4.78 is 13.9. The van der Waals surface area contributed by atoms with Crippen LogP contribution in [-0.4, -0.2) is 12.6 Å². The van der Waals surface area contributed by atoms with Gasteiger partial charge in [0.1, 0.15) is 5.82 Å². The van der Waals surface area contributed by atoms with Crippen LogP contribution in [-0.2, 0) is 6.42 Å². The molecule has 2 rings (SSSR count). The topological polar surface area (TPSA) is 29.3 Å². The van der Waals surface area contributed by atoms with E-state index >= 15 is 0 Å². The van der Waals surface area contributed by atoms with Gasteiger partial charge in [0.2, 0.25) is 0 Å². The minimum Gasteiger partial charge on any atom is -0.339 e. The zero-order valence-corrected chi connectivity index (χ0v) is 12.0. The lowest BCUT2D eigenvalue weighted by Crippen LogP contribution is -2.19. The first-order valence-corrected chi connectivity index (χ1v) is 6.98. The predicted octanol–water partition coefficient (Wildman–Crippen LogP) is 3.87. The molecule has 0 saturated heterocycles. The first-order chi connectivity index (χ1) is 9.61. The van der Waals surface area contributed by atoms with Gasteiger partial charge in [-0.3, -0.25) is 0 Å². The van der Waals surface area contributed by atoms with Crippen LogP contribution in [0.2, 0.25) is 0 Å². The summed E-state index contributed by atoms with van der Waals surface area (Å²) in [7, 11) is 0. The Morgan fingerprint density at radius 3 is 2.30 bits per heavy atom. The van der Waals surface area contributed by atoms with Crippen molar-refractivity contribution in [1.82, 2.24) is 0 Å². The van der Waals surface area contributed by atoms with Gasteiger partial charge in [0, 0.05) is 18.3 Å². The lowest BCUT2D eigenvalue weighted by molar-refractivity contribution is 0.625. The van der Waals surface area contributed by atoms with Crippen LogP contribution in [0.1, 0.15) is 19.4 Å². The molecule has 0 aromatic heterocycles. The van der Waals surface area contributed by atoms with Crippen molar-refractivity contribution in [1.29, 1.82) is 0 Å². The summed E-state index contributed by atoms with van der Waals surface area (Å²) in [5, 5.41) is 0. The maximum absolute atomic E-state index is 13.9. The van der Waals surface area contributed by atoms with Crippen molar-refractivity contribution < 1.29 is 4.39 Å². The normalized spacial score (nSPS) is 12.2. The Kier molecular flexibility index (Phi) is 4.74. The minimum atomic E-state index is -0.200. The molecular weight excluding hydrogens is 251 g/mol. The Morgan fingerprint density at radius 1 is 1.10 bits per heavy atom. The second kappa shape index (κ2) is 6.53. The van der Waals surface area contributed by atoms with E-state index in [4.69, 9.17) is 5.73 Å². The van der Waals surface area contributed by atoms with Gasteiger partial charge < -0.3 is 10.6 Å². The molecule has 0 bridgehead atoms. The molecule has 0 amide bonds. The smallest absolute Gasteiger partial charge is 0.146 e. The van der Waals surface area contributed by atoms with E-state index in [1.165, 1.54) is 11.6 Å². The molecule has 3 heteroatoms. The monoisotopic (exact) mass is 272 g/mol. The molecule has 20 heavy (non-hydrogen) atoms. The molecule has 2 aromatic carbocycles. The van der Waals surface area contributed by atoms with Crippen LogP contribution in [0.5, 0.6) is 0 Å². The molecule has 0 radical (unpaired) electrons. The first-order valence-electron chi connectivity index (χ1n) is 6.98. The standard InChI is InChI=1S/C17H21FN2/c1-3-20(17-7-5-4-6-16(17)18)15-10-8-14(9-11-15)12-13(2)19/h4-11,13H,3,12,19H2,1-2H3. The van der Waals surface area contributed by atoms with Crippen LogP contribution in [0.25, 0.3) is 0 Å². The van der Waals surface area contributed by atoms with Crippen molar-refractivity contribution >= 4 is 11.4 Å². The molecule has 0 saturated carbocycles. The second-order valence-electron chi connectivity index (χ2n) is 5.04. The van der Waals surface area contributed by atoms with Gasteiger partial charge in [-0.05, 0) is 50.1 Å². The highest BCUT2D eigenvalue weighted by atomic mass is 19.1. The SMILES string of the molecule is CCN(c1ccc(CC(C)N)cc1)c1ccccc1F. The number of nitrogens with zero attached hydrogens (tertiary/aromatic N) is 1. The molecule has 1 atom stereocenters. The highest BCUT2D eigenvalue weighted by molar-refractivity contribution is 5.63. The Hall–Kier alpha value is -1.87. The lowest BCUT2D eigenvalue weighted by atomic mass is 10.1. The van der Waals surface area contributed by atoms with Gasteiger partial charge in [-0.2, -0.15) is 0 Å². The summed E-state index contributed by atoms with van der Waals surface area (Å²) in [5.74, 6) is -0.200. The van der Waals surface area contributed by atoms with Crippen molar-refractivity contribution in [2.24, 2.45) is 5.73 Å². The number of para-hydroxylation sites is 1. The summed E-state index contributed by atoms with van der Waals surface area (Å²) in [5.41, 5.74) is 8.60. The second-order valence-corrected chi connectivity index (χ2v) is 5.04. The van der Waals surface area contributed by atoms with Gasteiger partial charge in [0.05, 0.1) is 5.69 Å². The molecule has 2 aromatic rings. The van der Waals surface area contributed by atoms with Crippen molar-refractivity contribution in [2.45, 2.75) is 26.3 Å². The highest BCUT2D eigenvalue weighted by Gasteiger charge is 2.11. The number of anilines is 2. The third-order valence-electron chi connectivity index (χ3n) is 3.27. The van der Waals surface area contributed by atoms with E-state index in [2.05, 4.69) is 12.1 Å². The number of rotatable bonds is 5. The molecule has 1 unspecified atom stereocenters. The molecule has 0 aliphatic carbocycles. The minimum absolute atomic E-state index is 0.148. The van der Waals surface area contributed by atoms with Crippen LogP contribution in [0.15, 0.2) is 48.5 Å². The van der Waals surface area contributed by atoms with Gasteiger partial charge in [0.15, 0.2) is 0 Å². The molecule has 2 nitrogen and oxygen atoms in total. The summed E-state index contributed by atoms with van der Waals surface area (Å²) in [4.78, 5) is 1.96. The molecular formula is C17H21FN2. The van der Waals surface area contributed by atoms with E-state index in [0.717, 1.165) is 12.1 Å². The molecule has 0 spiro atoms. The van der Waals surface area contributed by atoms with Gasteiger partial charge in [-0.1, -0.05) is 24.3 Å². The van der Waals surface area contributed by atoms with Gasteiger partial charge in [0.25, 0.3) is 0 Å². The maximum Gasteiger partial charge on any atom is 0.146 e. The Balaban J connectivity index is 2.26. The lowest BCUT2D eigenvalue weighted by Gasteiger charge is -2.24. The zero-order valence-electron chi connectivity index (χ0n) is 12.0. The van der Waals surface area contributed by atoms with E-state index in [-0.39, 0.29) is 11.9 Å². The quantitative estimate of drug-likeness (QED) is 0.895. The summed E-state index contributed by atoms with van der Waals surface area (Å²) in [6.45, 7) is 4.72. The largest absolute Gasteiger partial charge is 0.339 e. The van der Waals surface area contributed by atoms with Crippen LogP contribution >= 0.6 is 0 Å².